The van der Waals surface area contributed by atoms with E-state index < -0.39 is 0 Å². The molecule has 0 saturated carbocycles. The van der Waals surface area contributed by atoms with Crippen molar-refractivity contribution in [3.63, 3.8) is 0 Å². The van der Waals surface area contributed by atoms with E-state index in [0.717, 1.165) is 29.9 Å². The van der Waals surface area contributed by atoms with Crippen molar-refractivity contribution in [2.24, 2.45) is 0 Å². The van der Waals surface area contributed by atoms with Gasteiger partial charge in [0.15, 0.2) is 0 Å². The Bertz CT molecular complexity index is 1050. The summed E-state index contributed by atoms with van der Waals surface area (Å²) in [5.74, 6) is 0. The highest BCUT2D eigenvalue weighted by atomic mass is 35.5. The van der Waals surface area contributed by atoms with Gasteiger partial charge in [0.2, 0.25) is 0 Å². The van der Waals surface area contributed by atoms with Crippen LogP contribution in [0, 0.1) is 0 Å². The van der Waals surface area contributed by atoms with E-state index in [-0.39, 0.29) is 12.4 Å². The van der Waals surface area contributed by atoms with Gasteiger partial charge in [-0.25, -0.2) is 0 Å². The molecule has 5 heteroatoms. The van der Waals surface area contributed by atoms with Crippen molar-refractivity contribution < 1.29 is 0 Å². The van der Waals surface area contributed by atoms with Gasteiger partial charge in [-0.05, 0) is 54.8 Å². The predicted octanol–water partition coefficient (Wildman–Crippen LogP) is 5.15. The normalized spacial score (nSPS) is 16.8. The number of aromatic amines is 2. The Balaban J connectivity index is 0.00000157. The molecule has 3 nitrogen and oxygen atoms in total. The number of halogens is 2. The van der Waals surface area contributed by atoms with Crippen LogP contribution < -0.4 is 5.32 Å². The minimum absolute atomic E-state index is 0. The van der Waals surface area contributed by atoms with Crippen LogP contribution in [0.3, 0.4) is 0 Å². The van der Waals surface area contributed by atoms with Gasteiger partial charge in [0.25, 0.3) is 0 Å². The maximum Gasteiger partial charge on any atom is 0.0517 e. The van der Waals surface area contributed by atoms with Crippen molar-refractivity contribution in [3.8, 4) is 0 Å². The van der Waals surface area contributed by atoms with E-state index in [1.54, 1.807) is 0 Å². The smallest absolute Gasteiger partial charge is 0.0517 e. The Morgan fingerprint density at radius 1 is 1.04 bits per heavy atom. The fraction of sp³-hybridized carbons (Fsp3) is 0.200. The van der Waals surface area contributed by atoms with Gasteiger partial charge in [0, 0.05) is 38.7 Å². The zero-order chi connectivity index (χ0) is 16.1. The van der Waals surface area contributed by atoms with Crippen LogP contribution in [0.2, 0.25) is 5.02 Å². The first-order valence-corrected chi connectivity index (χ1v) is 8.76. The maximum atomic E-state index is 6.19. The topological polar surface area (TPSA) is 43.6 Å². The highest BCUT2D eigenvalue weighted by molar-refractivity contribution is 6.31. The third-order valence-corrected chi connectivity index (χ3v) is 5.35. The zero-order valence-corrected chi connectivity index (χ0v) is 15.2. The molecule has 0 bridgehead atoms. The van der Waals surface area contributed by atoms with Gasteiger partial charge in [-0.1, -0.05) is 29.8 Å². The molecule has 2 aromatic heterocycles. The third-order valence-electron chi connectivity index (χ3n) is 5.11. The van der Waals surface area contributed by atoms with Crippen LogP contribution in [0.15, 0.2) is 48.7 Å². The molecule has 4 aromatic rings. The van der Waals surface area contributed by atoms with Crippen LogP contribution in [0.1, 0.15) is 22.9 Å². The average Bonchev–Trinajstić information content (AvgIpc) is 3.17. The van der Waals surface area contributed by atoms with E-state index in [9.17, 15) is 0 Å². The van der Waals surface area contributed by atoms with Crippen LogP contribution in [0.5, 0.6) is 0 Å². The lowest BCUT2D eigenvalue weighted by Gasteiger charge is -2.24. The molecule has 0 radical (unpaired) electrons. The SMILES string of the molecule is Cl.Clc1ccc2[nH]cc(CC3NCCc4c3[nH]c3ccccc43)c2c1. The summed E-state index contributed by atoms with van der Waals surface area (Å²) in [5.41, 5.74) is 6.47. The van der Waals surface area contributed by atoms with Gasteiger partial charge >= 0.3 is 0 Å². The third kappa shape index (κ3) is 2.73. The highest BCUT2D eigenvalue weighted by Gasteiger charge is 2.24. The number of para-hydroxylation sites is 1. The lowest BCUT2D eigenvalue weighted by Crippen LogP contribution is -2.31. The Morgan fingerprint density at radius 3 is 2.84 bits per heavy atom. The van der Waals surface area contributed by atoms with E-state index in [1.165, 1.54) is 33.1 Å². The lowest BCUT2D eigenvalue weighted by molar-refractivity contribution is 0.496. The number of nitrogens with one attached hydrogen (secondary N) is 3. The molecular formula is C20H19Cl2N3. The van der Waals surface area contributed by atoms with Crippen molar-refractivity contribution in [1.29, 1.82) is 0 Å². The molecule has 3 N–H and O–H groups in total. The van der Waals surface area contributed by atoms with Gasteiger partial charge < -0.3 is 15.3 Å². The first kappa shape index (κ1) is 16.5. The number of hydrogen-bond acceptors (Lipinski definition) is 1. The quantitative estimate of drug-likeness (QED) is 0.447. The van der Waals surface area contributed by atoms with E-state index in [2.05, 4.69) is 51.8 Å². The number of aromatic nitrogens is 2. The van der Waals surface area contributed by atoms with Gasteiger partial charge in [0.05, 0.1) is 6.04 Å². The molecule has 128 valence electrons. The molecule has 1 aliphatic rings. The largest absolute Gasteiger partial charge is 0.361 e. The molecule has 25 heavy (non-hydrogen) atoms. The molecular weight excluding hydrogens is 353 g/mol. The van der Waals surface area contributed by atoms with Crippen LogP contribution in [0.25, 0.3) is 21.8 Å². The molecule has 3 heterocycles. The number of rotatable bonds is 2. The lowest BCUT2D eigenvalue weighted by atomic mass is 9.94. The van der Waals surface area contributed by atoms with Crippen LogP contribution in [0.4, 0.5) is 0 Å². The van der Waals surface area contributed by atoms with E-state index in [0.29, 0.717) is 6.04 Å². The summed E-state index contributed by atoms with van der Waals surface area (Å²) in [6, 6.07) is 14.9. The van der Waals surface area contributed by atoms with Crippen molar-refractivity contribution in [2.45, 2.75) is 18.9 Å². The van der Waals surface area contributed by atoms with Gasteiger partial charge in [-0.3, -0.25) is 0 Å². The summed E-state index contributed by atoms with van der Waals surface area (Å²) in [5, 5.41) is 7.04. The number of hydrogen-bond donors (Lipinski definition) is 3. The van der Waals surface area contributed by atoms with Crippen molar-refractivity contribution in [3.05, 3.63) is 70.5 Å². The Morgan fingerprint density at radius 2 is 1.92 bits per heavy atom. The zero-order valence-electron chi connectivity index (χ0n) is 13.6. The van der Waals surface area contributed by atoms with Gasteiger partial charge in [0.1, 0.15) is 0 Å². The minimum Gasteiger partial charge on any atom is -0.361 e. The maximum absolute atomic E-state index is 6.19. The summed E-state index contributed by atoms with van der Waals surface area (Å²) < 4.78 is 0. The summed E-state index contributed by atoms with van der Waals surface area (Å²) >= 11 is 6.19. The molecule has 0 amide bonds. The van der Waals surface area contributed by atoms with Crippen LogP contribution in [-0.4, -0.2) is 16.5 Å². The molecule has 0 saturated heterocycles. The summed E-state index contributed by atoms with van der Waals surface area (Å²) in [6.45, 7) is 1.02. The van der Waals surface area contributed by atoms with Crippen molar-refractivity contribution in [2.75, 3.05) is 6.54 Å². The fourth-order valence-electron chi connectivity index (χ4n) is 3.97. The summed E-state index contributed by atoms with van der Waals surface area (Å²) in [6.07, 6.45) is 4.13. The van der Waals surface area contributed by atoms with Crippen LogP contribution in [-0.2, 0) is 12.8 Å². The standard InChI is InChI=1S/C20H18ClN3.ClH/c21-13-5-6-17-16(10-13)12(11-23-17)9-19-20-15(7-8-22-19)14-3-1-2-4-18(14)24-20;/h1-6,10-11,19,22-24H,7-9H2;1H. The van der Waals surface area contributed by atoms with Gasteiger partial charge in [-0.2, -0.15) is 0 Å². The van der Waals surface area contributed by atoms with Crippen molar-refractivity contribution in [1.82, 2.24) is 15.3 Å². The second-order valence-electron chi connectivity index (χ2n) is 6.53. The molecule has 1 atom stereocenters. The molecule has 1 aliphatic heterocycles. The van der Waals surface area contributed by atoms with E-state index in [4.69, 9.17) is 11.6 Å². The minimum atomic E-state index is 0. The van der Waals surface area contributed by atoms with Crippen molar-refractivity contribution >= 4 is 45.8 Å². The molecule has 1 unspecified atom stereocenters. The predicted molar refractivity (Wildman–Crippen MR) is 107 cm³/mol. The second kappa shape index (κ2) is 6.41. The number of fused-ring (bicyclic) bond motifs is 4. The first-order valence-electron chi connectivity index (χ1n) is 8.38. The summed E-state index contributed by atoms with van der Waals surface area (Å²) in [4.78, 5) is 7.00. The summed E-state index contributed by atoms with van der Waals surface area (Å²) in [7, 11) is 0. The van der Waals surface area contributed by atoms with Crippen LogP contribution >= 0.6 is 24.0 Å². The fourth-order valence-corrected chi connectivity index (χ4v) is 4.15. The van der Waals surface area contributed by atoms with Gasteiger partial charge in [-0.15, -0.1) is 12.4 Å². The number of H-pyrrole nitrogens is 2. The molecule has 0 fully saturated rings. The molecule has 0 spiro atoms. The second-order valence-corrected chi connectivity index (χ2v) is 6.96. The molecule has 0 aliphatic carbocycles. The highest BCUT2D eigenvalue weighted by Crippen LogP contribution is 2.33. The molecule has 2 aromatic carbocycles. The number of benzene rings is 2. The molecule has 5 rings (SSSR count). The van der Waals surface area contributed by atoms with E-state index >= 15 is 0 Å². The monoisotopic (exact) mass is 371 g/mol. The Kier molecular flexibility index (Phi) is 4.24. The Hall–Kier alpha value is -1.94. The first-order chi connectivity index (χ1) is 11.8. The van der Waals surface area contributed by atoms with E-state index in [1.807, 2.05) is 12.1 Å². The average molecular weight is 372 g/mol. The Labute approximate surface area is 157 Å².